The molecule has 2 aliphatic heterocycles. The molecule has 0 saturated carbocycles. The first-order valence-corrected chi connectivity index (χ1v) is 7.50. The molecule has 0 aliphatic carbocycles. The van der Waals surface area contributed by atoms with Gasteiger partial charge >= 0.3 is 5.97 Å². The average Bonchev–Trinajstić information content (AvgIpc) is 3.12. The van der Waals surface area contributed by atoms with Gasteiger partial charge in [0.25, 0.3) is 0 Å². The van der Waals surface area contributed by atoms with E-state index in [-0.39, 0.29) is 12.0 Å². The van der Waals surface area contributed by atoms with Crippen LogP contribution in [-0.4, -0.2) is 46.2 Å². The van der Waals surface area contributed by atoms with E-state index >= 15 is 0 Å². The number of fused-ring (bicyclic) bond motifs is 3. The first kappa shape index (κ1) is 13.3. The number of benzene rings is 1. The van der Waals surface area contributed by atoms with E-state index in [4.69, 9.17) is 4.74 Å². The van der Waals surface area contributed by atoms with E-state index in [0.29, 0.717) is 12.3 Å². The molecule has 0 bridgehead atoms. The summed E-state index contributed by atoms with van der Waals surface area (Å²) in [7, 11) is 0. The molecule has 4 rings (SSSR count). The van der Waals surface area contributed by atoms with E-state index in [0.717, 1.165) is 31.3 Å². The van der Waals surface area contributed by atoms with Crippen LogP contribution in [0.1, 0.15) is 5.82 Å². The number of ether oxygens (including phenoxy) is 1. The van der Waals surface area contributed by atoms with Gasteiger partial charge in [0.15, 0.2) is 5.75 Å². The number of imidazole rings is 1. The third-order valence-electron chi connectivity index (χ3n) is 4.40. The molecule has 2 aliphatic rings. The lowest BCUT2D eigenvalue weighted by atomic mass is 10.2. The van der Waals surface area contributed by atoms with Crippen LogP contribution in [0.25, 0.3) is 0 Å². The fourth-order valence-corrected chi connectivity index (χ4v) is 3.17. The standard InChI is InChI=1S/C16H18N4O2/c1-12-17-6-7-19(12)9-8-18-10-14-16(21)22-15-5-3-2-4-13(15)20(14)11-18/h2-7,14H,8-11H2,1H3. The average molecular weight is 298 g/mol. The highest BCUT2D eigenvalue weighted by molar-refractivity contribution is 5.88. The fourth-order valence-electron chi connectivity index (χ4n) is 3.17. The van der Waals surface area contributed by atoms with Crippen LogP contribution in [0, 0.1) is 6.92 Å². The molecule has 3 heterocycles. The number of hydrogen-bond acceptors (Lipinski definition) is 5. The van der Waals surface area contributed by atoms with Gasteiger partial charge in [0.1, 0.15) is 11.9 Å². The zero-order chi connectivity index (χ0) is 15.1. The number of para-hydroxylation sites is 2. The minimum Gasteiger partial charge on any atom is -0.423 e. The lowest BCUT2D eigenvalue weighted by molar-refractivity contribution is -0.136. The Hall–Kier alpha value is -2.34. The molecular weight excluding hydrogens is 280 g/mol. The van der Waals surface area contributed by atoms with Crippen molar-refractivity contribution in [1.82, 2.24) is 14.5 Å². The van der Waals surface area contributed by atoms with Crippen LogP contribution >= 0.6 is 0 Å². The molecule has 1 unspecified atom stereocenters. The number of carbonyl (C=O) groups is 1. The summed E-state index contributed by atoms with van der Waals surface area (Å²) in [6, 6.07) is 7.53. The molecule has 1 aromatic carbocycles. The smallest absolute Gasteiger partial charge is 0.335 e. The monoisotopic (exact) mass is 298 g/mol. The molecule has 0 amide bonds. The van der Waals surface area contributed by atoms with E-state index in [9.17, 15) is 4.79 Å². The zero-order valence-corrected chi connectivity index (χ0v) is 12.5. The quantitative estimate of drug-likeness (QED) is 0.631. The van der Waals surface area contributed by atoms with Crippen molar-refractivity contribution < 1.29 is 9.53 Å². The summed E-state index contributed by atoms with van der Waals surface area (Å²) in [5.74, 6) is 1.53. The molecule has 0 radical (unpaired) electrons. The van der Waals surface area contributed by atoms with Gasteiger partial charge in [0.05, 0.1) is 12.4 Å². The van der Waals surface area contributed by atoms with Gasteiger partial charge in [-0.3, -0.25) is 4.90 Å². The summed E-state index contributed by atoms with van der Waals surface area (Å²) < 4.78 is 7.57. The number of aromatic nitrogens is 2. The van der Waals surface area contributed by atoms with Crippen molar-refractivity contribution in [2.24, 2.45) is 0 Å². The van der Waals surface area contributed by atoms with Crippen molar-refractivity contribution in [3.63, 3.8) is 0 Å². The van der Waals surface area contributed by atoms with Crippen molar-refractivity contribution in [3.8, 4) is 5.75 Å². The van der Waals surface area contributed by atoms with E-state index in [2.05, 4.69) is 19.4 Å². The third kappa shape index (κ3) is 2.16. The van der Waals surface area contributed by atoms with Gasteiger partial charge in [0, 0.05) is 32.0 Å². The van der Waals surface area contributed by atoms with Gasteiger partial charge in [-0.25, -0.2) is 9.78 Å². The summed E-state index contributed by atoms with van der Waals surface area (Å²) in [5.41, 5.74) is 1.01. The lowest BCUT2D eigenvalue weighted by Gasteiger charge is -2.30. The van der Waals surface area contributed by atoms with E-state index in [1.807, 2.05) is 43.6 Å². The van der Waals surface area contributed by atoms with Crippen LogP contribution in [0.4, 0.5) is 5.69 Å². The normalized spacial score (nSPS) is 20.7. The SMILES string of the molecule is Cc1nccn1CCN1CC2C(=O)Oc3ccccc3N2C1. The second kappa shape index (κ2) is 5.14. The van der Waals surface area contributed by atoms with Crippen molar-refractivity contribution in [2.75, 3.05) is 24.7 Å². The molecule has 114 valence electrons. The summed E-state index contributed by atoms with van der Waals surface area (Å²) >= 11 is 0. The van der Waals surface area contributed by atoms with Gasteiger partial charge in [-0.05, 0) is 19.1 Å². The third-order valence-corrected chi connectivity index (χ3v) is 4.40. The number of nitrogens with zero attached hydrogens (tertiary/aromatic N) is 4. The number of carbonyl (C=O) groups excluding carboxylic acids is 1. The number of rotatable bonds is 3. The number of esters is 1. The Morgan fingerprint density at radius 2 is 2.18 bits per heavy atom. The molecule has 22 heavy (non-hydrogen) atoms. The molecule has 0 spiro atoms. The van der Waals surface area contributed by atoms with Gasteiger partial charge in [0.2, 0.25) is 0 Å². The Morgan fingerprint density at radius 1 is 1.32 bits per heavy atom. The van der Waals surface area contributed by atoms with Gasteiger partial charge in [-0.15, -0.1) is 0 Å². The molecule has 0 N–H and O–H groups in total. The number of hydrogen-bond donors (Lipinski definition) is 0. The lowest BCUT2D eigenvalue weighted by Crippen LogP contribution is -2.44. The predicted molar refractivity (Wildman–Crippen MR) is 81.7 cm³/mol. The molecule has 1 atom stereocenters. The van der Waals surface area contributed by atoms with Crippen LogP contribution < -0.4 is 9.64 Å². The maximum absolute atomic E-state index is 12.2. The maximum Gasteiger partial charge on any atom is 0.335 e. The molecule has 6 nitrogen and oxygen atoms in total. The molecule has 1 saturated heterocycles. The first-order valence-electron chi connectivity index (χ1n) is 7.50. The highest BCUT2D eigenvalue weighted by atomic mass is 16.5. The Morgan fingerprint density at radius 3 is 3.00 bits per heavy atom. The number of anilines is 1. The van der Waals surface area contributed by atoms with E-state index in [1.165, 1.54) is 0 Å². The second-order valence-electron chi connectivity index (χ2n) is 5.76. The van der Waals surface area contributed by atoms with Gasteiger partial charge < -0.3 is 14.2 Å². The topological polar surface area (TPSA) is 50.6 Å². The first-order chi connectivity index (χ1) is 10.7. The number of aryl methyl sites for hydroxylation is 1. The molecular formula is C16H18N4O2. The molecule has 1 fully saturated rings. The predicted octanol–water partition coefficient (Wildman–Crippen LogP) is 1.26. The minimum absolute atomic E-state index is 0.153. The van der Waals surface area contributed by atoms with Crippen LogP contribution in [0.5, 0.6) is 5.75 Å². The Kier molecular flexibility index (Phi) is 3.11. The van der Waals surface area contributed by atoms with Crippen LogP contribution in [0.3, 0.4) is 0 Å². The summed E-state index contributed by atoms with van der Waals surface area (Å²) in [5, 5.41) is 0. The Bertz CT molecular complexity index is 712. The highest BCUT2D eigenvalue weighted by Gasteiger charge is 2.41. The minimum atomic E-state index is -0.196. The van der Waals surface area contributed by atoms with Gasteiger partial charge in [-0.2, -0.15) is 0 Å². The van der Waals surface area contributed by atoms with E-state index in [1.54, 1.807) is 0 Å². The maximum atomic E-state index is 12.2. The van der Waals surface area contributed by atoms with Gasteiger partial charge in [-0.1, -0.05) is 12.1 Å². The molecule has 6 heteroatoms. The summed E-state index contributed by atoms with van der Waals surface area (Å²) in [6.07, 6.45) is 3.80. The van der Waals surface area contributed by atoms with Crippen molar-refractivity contribution in [3.05, 3.63) is 42.5 Å². The highest BCUT2D eigenvalue weighted by Crippen LogP contribution is 2.36. The molecule has 1 aromatic heterocycles. The Labute approximate surface area is 128 Å². The Balaban J connectivity index is 1.49. The van der Waals surface area contributed by atoms with E-state index < -0.39 is 0 Å². The molecule has 2 aromatic rings. The second-order valence-corrected chi connectivity index (χ2v) is 5.76. The van der Waals surface area contributed by atoms with Crippen LogP contribution in [0.15, 0.2) is 36.7 Å². The summed E-state index contributed by atoms with van der Waals surface area (Å²) in [6.45, 7) is 5.23. The fraction of sp³-hybridized carbons (Fsp3) is 0.375. The summed E-state index contributed by atoms with van der Waals surface area (Å²) in [4.78, 5) is 20.8. The van der Waals surface area contributed by atoms with Crippen molar-refractivity contribution >= 4 is 11.7 Å². The van der Waals surface area contributed by atoms with Crippen LogP contribution in [0.2, 0.25) is 0 Å². The zero-order valence-electron chi connectivity index (χ0n) is 12.5. The van der Waals surface area contributed by atoms with Crippen molar-refractivity contribution in [2.45, 2.75) is 19.5 Å². The van der Waals surface area contributed by atoms with Crippen LogP contribution in [-0.2, 0) is 11.3 Å². The van der Waals surface area contributed by atoms with Crippen molar-refractivity contribution in [1.29, 1.82) is 0 Å². The largest absolute Gasteiger partial charge is 0.423 e.